The molecule has 0 aliphatic carbocycles. The number of fused-ring (bicyclic) bond motifs is 2. The quantitative estimate of drug-likeness (QED) is 0.249. The highest BCUT2D eigenvalue weighted by molar-refractivity contribution is 6.31. The standard InChI is InChI=1S/C31H26ClFN6O3/c1-31(19-10-7-17(8-11-19)9-14-24(40)42-2)25-27(34)35-29(36-28(25)37-30(31)41)26-21-13-12-20(32)15-23(21)39(38-26)16-18-5-3-4-6-22(18)33/h3-8,10-13,15H,9,14,16H2,1-2H3,(H3,34,35,36,37,41). The van der Waals surface area contributed by atoms with Gasteiger partial charge in [-0.25, -0.2) is 14.4 Å². The van der Waals surface area contributed by atoms with E-state index in [1.807, 2.05) is 24.3 Å². The van der Waals surface area contributed by atoms with Gasteiger partial charge in [-0.3, -0.25) is 14.3 Å². The van der Waals surface area contributed by atoms with Crippen LogP contribution in [-0.4, -0.2) is 38.7 Å². The first-order chi connectivity index (χ1) is 20.2. The number of anilines is 2. The number of amides is 1. The van der Waals surface area contributed by atoms with Crippen LogP contribution in [0.1, 0.15) is 35.6 Å². The van der Waals surface area contributed by atoms with Gasteiger partial charge in [-0.15, -0.1) is 0 Å². The second-order valence-electron chi connectivity index (χ2n) is 10.3. The summed E-state index contributed by atoms with van der Waals surface area (Å²) in [4.78, 5) is 34.2. The molecule has 11 heteroatoms. The van der Waals surface area contributed by atoms with E-state index in [9.17, 15) is 14.0 Å². The topological polar surface area (TPSA) is 125 Å². The van der Waals surface area contributed by atoms with Crippen LogP contribution in [0.25, 0.3) is 22.4 Å². The van der Waals surface area contributed by atoms with Crippen molar-refractivity contribution in [3.8, 4) is 11.5 Å². The third-order valence-electron chi connectivity index (χ3n) is 7.70. The highest BCUT2D eigenvalue weighted by atomic mass is 35.5. The maximum Gasteiger partial charge on any atom is 0.305 e. The van der Waals surface area contributed by atoms with Gasteiger partial charge >= 0.3 is 5.97 Å². The molecule has 5 aromatic rings. The molecule has 0 fully saturated rings. The Bertz CT molecular complexity index is 1870. The van der Waals surface area contributed by atoms with Crippen molar-refractivity contribution in [1.82, 2.24) is 19.7 Å². The molecule has 9 nitrogen and oxygen atoms in total. The molecule has 0 spiro atoms. The number of nitrogens with one attached hydrogen (secondary N) is 1. The molecule has 3 aromatic carbocycles. The van der Waals surface area contributed by atoms with Gasteiger partial charge in [-0.05, 0) is 48.7 Å². The second-order valence-corrected chi connectivity index (χ2v) is 10.7. The zero-order valence-electron chi connectivity index (χ0n) is 22.8. The van der Waals surface area contributed by atoms with Crippen LogP contribution >= 0.6 is 11.6 Å². The predicted octanol–water partition coefficient (Wildman–Crippen LogP) is 5.28. The number of hydrogen-bond donors (Lipinski definition) is 2. The van der Waals surface area contributed by atoms with Crippen molar-refractivity contribution in [2.45, 2.75) is 31.7 Å². The van der Waals surface area contributed by atoms with Crippen LogP contribution < -0.4 is 11.1 Å². The first-order valence-corrected chi connectivity index (χ1v) is 13.6. The summed E-state index contributed by atoms with van der Waals surface area (Å²) in [7, 11) is 1.36. The number of hydrogen-bond acceptors (Lipinski definition) is 7. The van der Waals surface area contributed by atoms with Crippen LogP contribution in [-0.2, 0) is 32.7 Å². The number of benzene rings is 3. The molecule has 42 heavy (non-hydrogen) atoms. The molecule has 6 rings (SSSR count). The molecular weight excluding hydrogens is 559 g/mol. The molecule has 212 valence electrons. The number of aryl methyl sites for hydroxylation is 1. The number of aromatic nitrogens is 4. The monoisotopic (exact) mass is 584 g/mol. The molecule has 3 heterocycles. The first-order valence-electron chi connectivity index (χ1n) is 13.2. The molecule has 1 aliphatic heterocycles. The van der Waals surface area contributed by atoms with E-state index in [0.717, 1.165) is 5.56 Å². The third-order valence-corrected chi connectivity index (χ3v) is 7.94. The summed E-state index contributed by atoms with van der Waals surface area (Å²) in [6, 6.07) is 19.2. The SMILES string of the molecule is COC(=O)CCc1ccc(C2(C)C(=O)Nc3nc(-c4nn(Cc5ccccc5F)c5cc(Cl)ccc45)nc(N)c32)cc1. The molecule has 0 bridgehead atoms. The lowest BCUT2D eigenvalue weighted by Crippen LogP contribution is -2.33. The average Bonchev–Trinajstić information content (AvgIpc) is 3.47. The van der Waals surface area contributed by atoms with Gasteiger partial charge in [-0.1, -0.05) is 54.1 Å². The summed E-state index contributed by atoms with van der Waals surface area (Å²) in [6.45, 7) is 1.94. The number of nitrogens with two attached hydrogens (primary N) is 1. The summed E-state index contributed by atoms with van der Waals surface area (Å²) in [6.07, 6.45) is 0.778. The van der Waals surface area contributed by atoms with E-state index in [2.05, 4.69) is 15.3 Å². The fraction of sp³-hybridized carbons (Fsp3) is 0.194. The van der Waals surface area contributed by atoms with Gasteiger partial charge in [0.15, 0.2) is 5.82 Å². The highest BCUT2D eigenvalue weighted by Gasteiger charge is 2.47. The van der Waals surface area contributed by atoms with E-state index in [1.54, 1.807) is 48.0 Å². The van der Waals surface area contributed by atoms with Gasteiger partial charge in [0.25, 0.3) is 0 Å². The van der Waals surface area contributed by atoms with E-state index in [0.29, 0.717) is 50.5 Å². The van der Waals surface area contributed by atoms with Crippen LogP contribution in [0.3, 0.4) is 0 Å². The third kappa shape index (κ3) is 4.63. The molecular formula is C31H26ClFN6O3. The summed E-state index contributed by atoms with van der Waals surface area (Å²) in [5.41, 5.74) is 9.05. The Morgan fingerprint density at radius 1 is 1.12 bits per heavy atom. The Kier molecular flexibility index (Phi) is 6.86. The van der Waals surface area contributed by atoms with Crippen LogP contribution in [0.2, 0.25) is 5.02 Å². The Morgan fingerprint density at radius 3 is 2.62 bits per heavy atom. The lowest BCUT2D eigenvalue weighted by Gasteiger charge is -2.23. The van der Waals surface area contributed by atoms with Crippen LogP contribution in [0.5, 0.6) is 0 Å². The number of carbonyl (C=O) groups excluding carboxylic acids is 2. The van der Waals surface area contributed by atoms with Gasteiger partial charge in [0.05, 0.1) is 24.7 Å². The molecule has 1 amide bonds. The van der Waals surface area contributed by atoms with Crippen molar-refractivity contribution in [2.75, 3.05) is 18.2 Å². The van der Waals surface area contributed by atoms with Crippen molar-refractivity contribution in [2.24, 2.45) is 0 Å². The molecule has 1 aliphatic rings. The van der Waals surface area contributed by atoms with Crippen molar-refractivity contribution in [3.05, 3.63) is 99.8 Å². The Morgan fingerprint density at radius 2 is 1.88 bits per heavy atom. The van der Waals surface area contributed by atoms with E-state index < -0.39 is 5.41 Å². The summed E-state index contributed by atoms with van der Waals surface area (Å²) < 4.78 is 20.8. The number of nitrogen functional groups attached to an aromatic ring is 1. The Labute approximate surface area is 245 Å². The minimum absolute atomic E-state index is 0.136. The molecule has 1 atom stereocenters. The fourth-order valence-electron chi connectivity index (χ4n) is 5.36. The number of carbonyl (C=O) groups is 2. The molecule has 0 saturated heterocycles. The van der Waals surface area contributed by atoms with Crippen LogP contribution in [0.15, 0.2) is 66.7 Å². The summed E-state index contributed by atoms with van der Waals surface area (Å²) >= 11 is 6.30. The molecule has 0 saturated carbocycles. The van der Waals surface area contributed by atoms with Crippen molar-refractivity contribution >= 4 is 46.0 Å². The predicted molar refractivity (Wildman–Crippen MR) is 158 cm³/mol. The van der Waals surface area contributed by atoms with Gasteiger partial charge < -0.3 is 15.8 Å². The van der Waals surface area contributed by atoms with E-state index in [1.165, 1.54) is 13.2 Å². The van der Waals surface area contributed by atoms with Gasteiger partial charge in [0.1, 0.15) is 28.6 Å². The number of nitrogens with zero attached hydrogens (tertiary/aromatic N) is 4. The smallest absolute Gasteiger partial charge is 0.305 e. The van der Waals surface area contributed by atoms with Crippen molar-refractivity contribution < 1.29 is 18.7 Å². The minimum Gasteiger partial charge on any atom is -0.469 e. The zero-order valence-corrected chi connectivity index (χ0v) is 23.6. The van der Waals surface area contributed by atoms with Gasteiger partial charge in [0.2, 0.25) is 5.91 Å². The van der Waals surface area contributed by atoms with Crippen molar-refractivity contribution in [3.63, 3.8) is 0 Å². The van der Waals surface area contributed by atoms with E-state index >= 15 is 0 Å². The maximum absolute atomic E-state index is 14.5. The van der Waals surface area contributed by atoms with Crippen molar-refractivity contribution in [1.29, 1.82) is 0 Å². The largest absolute Gasteiger partial charge is 0.469 e. The van der Waals surface area contributed by atoms with Crippen LogP contribution in [0, 0.1) is 5.82 Å². The minimum atomic E-state index is -1.14. The molecule has 3 N–H and O–H groups in total. The fourth-order valence-corrected chi connectivity index (χ4v) is 5.53. The van der Waals surface area contributed by atoms with Gasteiger partial charge in [-0.2, -0.15) is 5.10 Å². The lowest BCUT2D eigenvalue weighted by atomic mass is 9.77. The molecule has 0 radical (unpaired) electrons. The number of rotatable bonds is 7. The van der Waals surface area contributed by atoms with Crippen LogP contribution in [0.4, 0.5) is 16.0 Å². The van der Waals surface area contributed by atoms with E-state index in [-0.39, 0.29) is 42.3 Å². The summed E-state index contributed by atoms with van der Waals surface area (Å²) in [5.74, 6) is -0.278. The molecule has 1 unspecified atom stereocenters. The van der Waals surface area contributed by atoms with Gasteiger partial charge in [0, 0.05) is 22.4 Å². The average molecular weight is 585 g/mol. The number of methoxy groups -OCH3 is 1. The number of esters is 1. The number of halogens is 2. The Hall–Kier alpha value is -4.83. The maximum atomic E-state index is 14.5. The molecule has 2 aromatic heterocycles. The first kappa shape index (κ1) is 27.3. The zero-order chi connectivity index (χ0) is 29.6. The normalized spacial score (nSPS) is 16.0. The lowest BCUT2D eigenvalue weighted by molar-refractivity contribution is -0.140. The number of ether oxygens (including phenoxy) is 1. The Balaban J connectivity index is 1.39. The second kappa shape index (κ2) is 10.5. The summed E-state index contributed by atoms with van der Waals surface area (Å²) in [5, 5.41) is 8.80. The highest BCUT2D eigenvalue weighted by Crippen LogP contribution is 2.45. The van der Waals surface area contributed by atoms with E-state index in [4.69, 9.17) is 27.2 Å².